The van der Waals surface area contributed by atoms with Crippen LogP contribution in [0.3, 0.4) is 0 Å². The van der Waals surface area contributed by atoms with Gasteiger partial charge in [-0.25, -0.2) is 9.97 Å². The smallest absolute Gasteiger partial charge is 0.254 e. The minimum atomic E-state index is -0.178. The number of amides is 1. The molecule has 2 aromatic rings. The number of nitriles is 1. The molecular formula is C21H25N5O3. The van der Waals surface area contributed by atoms with E-state index in [0.717, 1.165) is 19.4 Å². The van der Waals surface area contributed by atoms with Crippen LogP contribution in [0.15, 0.2) is 30.6 Å². The highest BCUT2D eigenvalue weighted by Crippen LogP contribution is 2.31. The summed E-state index contributed by atoms with van der Waals surface area (Å²) in [6, 6.07) is 7.32. The predicted molar refractivity (Wildman–Crippen MR) is 108 cm³/mol. The molecule has 1 aliphatic heterocycles. The number of aromatic nitrogens is 2. The van der Waals surface area contributed by atoms with Crippen LogP contribution in [-0.4, -0.2) is 48.2 Å². The molecule has 1 fully saturated rings. The molecule has 1 saturated heterocycles. The van der Waals surface area contributed by atoms with Crippen molar-refractivity contribution in [3.63, 3.8) is 0 Å². The van der Waals surface area contributed by atoms with Crippen LogP contribution in [0.1, 0.15) is 42.6 Å². The third-order valence-corrected chi connectivity index (χ3v) is 4.57. The van der Waals surface area contributed by atoms with Crippen molar-refractivity contribution in [3.8, 4) is 17.6 Å². The summed E-state index contributed by atoms with van der Waals surface area (Å²) >= 11 is 0. The number of benzene rings is 1. The number of anilines is 1. The van der Waals surface area contributed by atoms with E-state index in [2.05, 4.69) is 26.3 Å². The lowest BCUT2D eigenvalue weighted by Gasteiger charge is -2.33. The molecule has 1 N–H and O–H groups in total. The second kappa shape index (κ2) is 9.73. The Kier molecular flexibility index (Phi) is 6.85. The molecule has 0 spiro atoms. The van der Waals surface area contributed by atoms with Crippen molar-refractivity contribution in [2.24, 2.45) is 0 Å². The summed E-state index contributed by atoms with van der Waals surface area (Å²) in [5, 5.41) is 11.8. The summed E-state index contributed by atoms with van der Waals surface area (Å²) < 4.78 is 11.8. The number of hydrogen-bond acceptors (Lipinski definition) is 7. The summed E-state index contributed by atoms with van der Waals surface area (Å²) in [6.07, 6.45) is 4.88. The highest BCUT2D eigenvalue weighted by molar-refractivity contribution is 5.93. The quantitative estimate of drug-likeness (QED) is 0.769. The van der Waals surface area contributed by atoms with Crippen molar-refractivity contribution in [1.29, 1.82) is 5.26 Å². The van der Waals surface area contributed by atoms with Gasteiger partial charge in [-0.05, 0) is 38.8 Å². The van der Waals surface area contributed by atoms with Crippen LogP contribution in [-0.2, 0) is 0 Å². The Morgan fingerprint density at radius 1 is 1.31 bits per heavy atom. The van der Waals surface area contributed by atoms with Gasteiger partial charge in [-0.1, -0.05) is 0 Å². The van der Waals surface area contributed by atoms with Crippen molar-refractivity contribution >= 4 is 11.9 Å². The zero-order valence-electron chi connectivity index (χ0n) is 16.7. The predicted octanol–water partition coefficient (Wildman–Crippen LogP) is 2.54. The average molecular weight is 395 g/mol. The van der Waals surface area contributed by atoms with Crippen molar-refractivity contribution in [2.75, 3.05) is 31.1 Å². The summed E-state index contributed by atoms with van der Waals surface area (Å²) in [6.45, 7) is 6.27. The first-order chi connectivity index (χ1) is 14.1. The van der Waals surface area contributed by atoms with E-state index in [0.29, 0.717) is 48.3 Å². The highest BCUT2D eigenvalue weighted by Gasteiger charge is 2.24. The lowest BCUT2D eigenvalue weighted by Crippen LogP contribution is -2.42. The van der Waals surface area contributed by atoms with E-state index in [1.807, 2.05) is 13.8 Å². The number of piperidine rings is 1. The number of carbonyl (C=O) groups excluding carboxylic acids is 1. The molecule has 8 nitrogen and oxygen atoms in total. The van der Waals surface area contributed by atoms with Crippen LogP contribution in [0.2, 0.25) is 0 Å². The molecule has 29 heavy (non-hydrogen) atoms. The number of carbonyl (C=O) groups is 1. The van der Waals surface area contributed by atoms with E-state index in [-0.39, 0.29) is 12.0 Å². The number of rotatable bonds is 7. The zero-order valence-corrected chi connectivity index (χ0v) is 16.7. The Morgan fingerprint density at radius 2 is 2.10 bits per heavy atom. The minimum Gasteiger partial charge on any atom is -0.490 e. The number of hydrogen-bond donors (Lipinski definition) is 1. The van der Waals surface area contributed by atoms with Crippen molar-refractivity contribution in [3.05, 3.63) is 41.7 Å². The Labute approximate surface area is 170 Å². The largest absolute Gasteiger partial charge is 0.490 e. The summed E-state index contributed by atoms with van der Waals surface area (Å²) in [4.78, 5) is 22.6. The fraction of sp³-hybridized carbons (Fsp3) is 0.429. The SMILES string of the molecule is CCNC(=O)c1cnc(N2CCCC(Oc3ccc(C#N)cc3OCC)C2)nc1. The molecule has 0 radical (unpaired) electrons. The van der Waals surface area contributed by atoms with Gasteiger partial charge in [-0.2, -0.15) is 5.26 Å². The molecule has 1 aliphatic rings. The summed E-state index contributed by atoms with van der Waals surface area (Å²) in [5.74, 6) is 1.61. The van der Waals surface area contributed by atoms with Gasteiger partial charge in [0.25, 0.3) is 5.91 Å². The molecular weight excluding hydrogens is 370 g/mol. The maximum absolute atomic E-state index is 11.9. The van der Waals surface area contributed by atoms with Crippen LogP contribution in [0, 0.1) is 11.3 Å². The minimum absolute atomic E-state index is 0.0532. The topological polar surface area (TPSA) is 100 Å². The Bertz CT molecular complexity index is 879. The molecule has 1 unspecified atom stereocenters. The van der Waals surface area contributed by atoms with Crippen LogP contribution < -0.4 is 19.7 Å². The van der Waals surface area contributed by atoms with Crippen LogP contribution in [0.25, 0.3) is 0 Å². The van der Waals surface area contributed by atoms with Crippen molar-refractivity contribution in [2.45, 2.75) is 32.8 Å². The summed E-state index contributed by atoms with van der Waals surface area (Å²) in [5.41, 5.74) is 0.978. The van der Waals surface area contributed by atoms with Gasteiger partial charge in [0.1, 0.15) is 6.10 Å². The maximum Gasteiger partial charge on any atom is 0.254 e. The van der Waals surface area contributed by atoms with E-state index in [4.69, 9.17) is 14.7 Å². The van der Waals surface area contributed by atoms with Gasteiger partial charge in [0, 0.05) is 31.5 Å². The molecule has 3 rings (SSSR count). The van der Waals surface area contributed by atoms with Gasteiger partial charge in [0.15, 0.2) is 11.5 Å². The van der Waals surface area contributed by atoms with Gasteiger partial charge in [0.05, 0.1) is 30.3 Å². The van der Waals surface area contributed by atoms with Gasteiger partial charge in [-0.3, -0.25) is 4.79 Å². The van der Waals surface area contributed by atoms with Crippen LogP contribution in [0.4, 0.5) is 5.95 Å². The first-order valence-electron chi connectivity index (χ1n) is 9.83. The number of nitrogens with one attached hydrogen (secondary N) is 1. The Morgan fingerprint density at radius 3 is 2.79 bits per heavy atom. The first kappa shape index (κ1) is 20.4. The molecule has 1 amide bonds. The van der Waals surface area contributed by atoms with E-state index in [1.54, 1.807) is 30.6 Å². The van der Waals surface area contributed by atoms with Crippen LogP contribution in [0.5, 0.6) is 11.5 Å². The lowest BCUT2D eigenvalue weighted by atomic mass is 10.1. The number of ether oxygens (including phenoxy) is 2. The second-order valence-corrected chi connectivity index (χ2v) is 6.67. The Balaban J connectivity index is 1.68. The molecule has 1 aromatic heterocycles. The number of nitrogens with zero attached hydrogens (tertiary/aromatic N) is 4. The van der Waals surface area contributed by atoms with Gasteiger partial charge in [0.2, 0.25) is 5.95 Å². The van der Waals surface area contributed by atoms with Crippen LogP contribution >= 0.6 is 0 Å². The van der Waals surface area contributed by atoms with Crippen molar-refractivity contribution < 1.29 is 14.3 Å². The molecule has 8 heteroatoms. The monoisotopic (exact) mass is 395 g/mol. The standard InChI is InChI=1S/C21H25N5O3/c1-3-23-20(27)16-12-24-21(25-13-16)26-9-5-6-17(14-26)29-18-8-7-15(11-22)10-19(18)28-4-2/h7-8,10,12-13,17H,3-6,9,14H2,1-2H3,(H,23,27). The van der Waals surface area contributed by atoms with E-state index in [9.17, 15) is 4.79 Å². The molecule has 1 aromatic carbocycles. The van der Waals surface area contributed by atoms with E-state index >= 15 is 0 Å². The fourth-order valence-electron chi connectivity index (χ4n) is 3.20. The van der Waals surface area contributed by atoms with Gasteiger partial charge < -0.3 is 19.7 Å². The molecule has 0 saturated carbocycles. The fourth-order valence-corrected chi connectivity index (χ4v) is 3.20. The van der Waals surface area contributed by atoms with E-state index in [1.165, 1.54) is 0 Å². The van der Waals surface area contributed by atoms with Gasteiger partial charge >= 0.3 is 0 Å². The maximum atomic E-state index is 11.9. The third-order valence-electron chi connectivity index (χ3n) is 4.57. The molecule has 2 heterocycles. The summed E-state index contributed by atoms with van der Waals surface area (Å²) in [7, 11) is 0. The van der Waals surface area contributed by atoms with E-state index < -0.39 is 0 Å². The molecule has 1 atom stereocenters. The van der Waals surface area contributed by atoms with Crippen molar-refractivity contribution in [1.82, 2.24) is 15.3 Å². The average Bonchev–Trinajstić information content (AvgIpc) is 2.75. The molecule has 152 valence electrons. The Hall–Kier alpha value is -3.34. The lowest BCUT2D eigenvalue weighted by molar-refractivity contribution is 0.0955. The zero-order chi connectivity index (χ0) is 20.6. The molecule has 0 bridgehead atoms. The third kappa shape index (κ3) is 5.13. The molecule has 0 aliphatic carbocycles. The first-order valence-corrected chi connectivity index (χ1v) is 9.83. The van der Waals surface area contributed by atoms with Gasteiger partial charge in [-0.15, -0.1) is 0 Å². The highest BCUT2D eigenvalue weighted by atomic mass is 16.5. The second-order valence-electron chi connectivity index (χ2n) is 6.67. The normalized spacial score (nSPS) is 16.0.